The van der Waals surface area contributed by atoms with Crippen molar-refractivity contribution < 1.29 is 4.74 Å². The molecule has 0 saturated carbocycles. The Balaban J connectivity index is 2.45. The first kappa shape index (κ1) is 12.8. The van der Waals surface area contributed by atoms with Gasteiger partial charge in [0, 0.05) is 6.54 Å². The van der Waals surface area contributed by atoms with Crippen molar-refractivity contribution in [3.05, 3.63) is 23.8 Å². The fraction of sp³-hybridized carbons (Fsp3) is 0.538. The van der Waals surface area contributed by atoms with E-state index in [1.54, 1.807) is 0 Å². The van der Waals surface area contributed by atoms with Gasteiger partial charge in [-0.1, -0.05) is 19.9 Å². The molecule has 0 heterocycles. The number of likely N-dealkylation sites (N-methyl/N-ethyl adjacent to an activating group) is 1. The number of hydrogen-bond acceptors (Lipinski definition) is 3. The average molecular weight is 222 g/mol. The zero-order chi connectivity index (χ0) is 12.0. The van der Waals surface area contributed by atoms with E-state index in [4.69, 9.17) is 10.5 Å². The van der Waals surface area contributed by atoms with Crippen LogP contribution < -0.4 is 10.5 Å². The van der Waals surface area contributed by atoms with Gasteiger partial charge < -0.3 is 15.4 Å². The van der Waals surface area contributed by atoms with Crippen molar-refractivity contribution in [2.24, 2.45) is 0 Å². The van der Waals surface area contributed by atoms with Crippen LogP contribution in [0.4, 0.5) is 5.69 Å². The van der Waals surface area contributed by atoms with Crippen molar-refractivity contribution in [3.8, 4) is 5.75 Å². The molecule has 0 saturated heterocycles. The topological polar surface area (TPSA) is 38.5 Å². The molecule has 0 fully saturated rings. The van der Waals surface area contributed by atoms with Gasteiger partial charge in [-0.15, -0.1) is 0 Å². The zero-order valence-electron chi connectivity index (χ0n) is 10.5. The monoisotopic (exact) mass is 222 g/mol. The number of rotatable bonds is 6. The summed E-state index contributed by atoms with van der Waals surface area (Å²) in [5, 5.41) is 0. The van der Waals surface area contributed by atoms with Crippen molar-refractivity contribution in [1.82, 2.24) is 4.90 Å². The summed E-state index contributed by atoms with van der Waals surface area (Å²) in [6.07, 6.45) is 0. The van der Waals surface area contributed by atoms with Gasteiger partial charge in [0.15, 0.2) is 0 Å². The molecule has 3 heteroatoms. The highest BCUT2D eigenvalue weighted by atomic mass is 16.5. The minimum absolute atomic E-state index is 0.690. The minimum atomic E-state index is 0.690. The average Bonchev–Trinajstić information content (AvgIpc) is 2.29. The van der Waals surface area contributed by atoms with E-state index in [1.165, 1.54) is 5.56 Å². The summed E-state index contributed by atoms with van der Waals surface area (Å²) in [7, 11) is 0. The van der Waals surface area contributed by atoms with E-state index in [1.807, 2.05) is 25.1 Å². The smallest absolute Gasteiger partial charge is 0.142 e. The van der Waals surface area contributed by atoms with E-state index >= 15 is 0 Å². The van der Waals surface area contributed by atoms with Gasteiger partial charge in [0.1, 0.15) is 12.4 Å². The summed E-state index contributed by atoms with van der Waals surface area (Å²) in [4.78, 5) is 2.33. The number of nitrogens with zero attached hydrogens (tertiary/aromatic N) is 1. The van der Waals surface area contributed by atoms with Crippen LogP contribution in [0.25, 0.3) is 0 Å². The third-order valence-electron chi connectivity index (χ3n) is 2.73. The molecule has 0 aromatic heterocycles. The molecule has 0 radical (unpaired) electrons. The predicted octanol–water partition coefficient (Wildman–Crippen LogP) is 2.30. The molecular formula is C13H22N2O. The summed E-state index contributed by atoms with van der Waals surface area (Å²) in [5.74, 6) is 0.798. The van der Waals surface area contributed by atoms with E-state index in [9.17, 15) is 0 Å². The number of ether oxygens (including phenoxy) is 1. The van der Waals surface area contributed by atoms with Crippen LogP contribution >= 0.6 is 0 Å². The summed E-state index contributed by atoms with van der Waals surface area (Å²) < 4.78 is 5.69. The zero-order valence-corrected chi connectivity index (χ0v) is 10.5. The second-order valence-corrected chi connectivity index (χ2v) is 3.92. The highest BCUT2D eigenvalue weighted by Crippen LogP contribution is 2.22. The lowest BCUT2D eigenvalue weighted by Crippen LogP contribution is -2.28. The minimum Gasteiger partial charge on any atom is -0.490 e. The molecule has 0 aliphatic carbocycles. The number of hydrogen-bond donors (Lipinski definition) is 1. The molecular weight excluding hydrogens is 200 g/mol. The molecule has 0 unspecified atom stereocenters. The lowest BCUT2D eigenvalue weighted by molar-refractivity contribution is 0.223. The number of benzene rings is 1. The van der Waals surface area contributed by atoms with Gasteiger partial charge in [0.2, 0.25) is 0 Å². The fourth-order valence-corrected chi connectivity index (χ4v) is 1.59. The quantitative estimate of drug-likeness (QED) is 0.751. The SMILES string of the molecule is CCN(CC)CCOc1cc(C)ccc1N. The Hall–Kier alpha value is -1.22. The molecule has 16 heavy (non-hydrogen) atoms. The van der Waals surface area contributed by atoms with Gasteiger partial charge >= 0.3 is 0 Å². The number of nitrogens with two attached hydrogens (primary N) is 1. The van der Waals surface area contributed by atoms with Crippen molar-refractivity contribution in [2.45, 2.75) is 20.8 Å². The molecule has 3 nitrogen and oxygen atoms in total. The first-order valence-electron chi connectivity index (χ1n) is 5.88. The number of nitrogen functional groups attached to an aromatic ring is 1. The lowest BCUT2D eigenvalue weighted by Gasteiger charge is -2.18. The number of anilines is 1. The summed E-state index contributed by atoms with van der Waals surface area (Å²) in [6, 6.07) is 5.87. The molecule has 0 bridgehead atoms. The van der Waals surface area contributed by atoms with Crippen molar-refractivity contribution in [1.29, 1.82) is 0 Å². The van der Waals surface area contributed by atoms with Gasteiger partial charge in [-0.2, -0.15) is 0 Å². The summed E-state index contributed by atoms with van der Waals surface area (Å²) in [6.45, 7) is 10.1. The molecule has 2 N–H and O–H groups in total. The van der Waals surface area contributed by atoms with Gasteiger partial charge in [0.05, 0.1) is 5.69 Å². The molecule has 1 aromatic rings. The molecule has 90 valence electrons. The van der Waals surface area contributed by atoms with Crippen molar-refractivity contribution in [3.63, 3.8) is 0 Å². The normalized spacial score (nSPS) is 10.8. The van der Waals surface area contributed by atoms with Gasteiger partial charge in [0.25, 0.3) is 0 Å². The van der Waals surface area contributed by atoms with Crippen LogP contribution in [0, 0.1) is 6.92 Å². The van der Waals surface area contributed by atoms with Crippen LogP contribution in [0.15, 0.2) is 18.2 Å². The maximum atomic E-state index is 5.83. The van der Waals surface area contributed by atoms with Gasteiger partial charge in [-0.3, -0.25) is 0 Å². The van der Waals surface area contributed by atoms with Crippen LogP contribution in [0.5, 0.6) is 5.75 Å². The maximum Gasteiger partial charge on any atom is 0.142 e. The Bertz CT molecular complexity index is 322. The largest absolute Gasteiger partial charge is 0.490 e. The first-order valence-corrected chi connectivity index (χ1v) is 5.88. The second kappa shape index (κ2) is 6.38. The third-order valence-corrected chi connectivity index (χ3v) is 2.73. The molecule has 0 amide bonds. The number of aryl methyl sites for hydroxylation is 1. The Morgan fingerprint density at radius 2 is 1.94 bits per heavy atom. The van der Waals surface area contributed by atoms with Crippen LogP contribution in [0.3, 0.4) is 0 Å². The Morgan fingerprint density at radius 3 is 2.56 bits per heavy atom. The standard InChI is InChI=1S/C13H22N2O/c1-4-15(5-2)8-9-16-13-10-11(3)6-7-12(13)14/h6-7,10H,4-5,8-9,14H2,1-3H3. The second-order valence-electron chi connectivity index (χ2n) is 3.92. The molecule has 0 aliphatic rings. The Labute approximate surface area is 98.2 Å². The first-order chi connectivity index (χ1) is 7.67. The van der Waals surface area contributed by atoms with Gasteiger partial charge in [-0.05, 0) is 37.7 Å². The molecule has 1 rings (SSSR count). The summed E-state index contributed by atoms with van der Waals surface area (Å²) >= 11 is 0. The van der Waals surface area contributed by atoms with E-state index < -0.39 is 0 Å². The van der Waals surface area contributed by atoms with Crippen molar-refractivity contribution in [2.75, 3.05) is 32.0 Å². The Morgan fingerprint density at radius 1 is 1.25 bits per heavy atom. The maximum absolute atomic E-state index is 5.83. The Kier molecular flexibility index (Phi) is 5.12. The van der Waals surface area contributed by atoms with Crippen LogP contribution in [0.1, 0.15) is 19.4 Å². The fourth-order valence-electron chi connectivity index (χ4n) is 1.59. The van der Waals surface area contributed by atoms with E-state index in [2.05, 4.69) is 18.7 Å². The van der Waals surface area contributed by atoms with Gasteiger partial charge in [-0.25, -0.2) is 0 Å². The van der Waals surface area contributed by atoms with Crippen LogP contribution in [0.2, 0.25) is 0 Å². The predicted molar refractivity (Wildman–Crippen MR) is 68.9 cm³/mol. The van der Waals surface area contributed by atoms with E-state index in [0.717, 1.165) is 25.4 Å². The molecule has 0 aliphatic heterocycles. The molecule has 0 atom stereocenters. The van der Waals surface area contributed by atoms with Crippen molar-refractivity contribution >= 4 is 5.69 Å². The van der Waals surface area contributed by atoms with Crippen LogP contribution in [-0.2, 0) is 0 Å². The molecule has 1 aromatic carbocycles. The third kappa shape index (κ3) is 3.74. The highest BCUT2D eigenvalue weighted by molar-refractivity contribution is 5.53. The highest BCUT2D eigenvalue weighted by Gasteiger charge is 2.02. The van der Waals surface area contributed by atoms with E-state index in [-0.39, 0.29) is 0 Å². The lowest BCUT2D eigenvalue weighted by atomic mass is 10.2. The van der Waals surface area contributed by atoms with Crippen LogP contribution in [-0.4, -0.2) is 31.1 Å². The molecule has 0 spiro atoms. The summed E-state index contributed by atoms with van der Waals surface area (Å²) in [5.41, 5.74) is 7.72. The van der Waals surface area contributed by atoms with E-state index in [0.29, 0.717) is 12.3 Å².